The van der Waals surface area contributed by atoms with Gasteiger partial charge in [-0.1, -0.05) is 16.8 Å². The number of aromatic nitrogens is 2. The fourth-order valence-electron chi connectivity index (χ4n) is 3.09. The molecule has 0 unspecified atom stereocenters. The second kappa shape index (κ2) is 10.7. The van der Waals surface area contributed by atoms with Gasteiger partial charge in [0.2, 0.25) is 17.6 Å². The van der Waals surface area contributed by atoms with Crippen molar-refractivity contribution in [1.82, 2.24) is 15.0 Å². The number of nitrogens with one attached hydrogen (secondary N) is 1. The van der Waals surface area contributed by atoms with Crippen LogP contribution in [0.4, 0.5) is 5.69 Å². The lowest BCUT2D eigenvalue weighted by atomic mass is 10.1. The van der Waals surface area contributed by atoms with Crippen molar-refractivity contribution in [3.8, 4) is 11.4 Å². The number of amides is 2. The molecule has 162 valence electrons. The first-order valence-corrected chi connectivity index (χ1v) is 10.7. The minimum Gasteiger partial charge on any atom is -0.339 e. The monoisotopic (exact) mass is 440 g/mol. The van der Waals surface area contributed by atoms with E-state index < -0.39 is 0 Å². The number of aryl methyl sites for hydroxylation is 1. The van der Waals surface area contributed by atoms with Crippen LogP contribution in [0.5, 0.6) is 0 Å². The maximum Gasteiger partial charge on any atom is 0.253 e. The quantitative estimate of drug-likeness (QED) is 0.514. The van der Waals surface area contributed by atoms with Gasteiger partial charge in [-0.25, -0.2) is 0 Å². The van der Waals surface area contributed by atoms with E-state index in [1.54, 1.807) is 41.3 Å². The smallest absolute Gasteiger partial charge is 0.253 e. The van der Waals surface area contributed by atoms with Crippen molar-refractivity contribution in [2.45, 2.75) is 33.1 Å². The SMILES string of the molecule is CCN(CC)C(=O)c1ccc(NC(=O)CCCc2nc(-c3ccc(Cl)cc3)no2)cc1. The second-order valence-corrected chi connectivity index (χ2v) is 7.41. The molecule has 0 atom stereocenters. The Morgan fingerprint density at radius 3 is 2.35 bits per heavy atom. The molecule has 1 heterocycles. The minimum atomic E-state index is -0.111. The Morgan fingerprint density at radius 1 is 1.03 bits per heavy atom. The first kappa shape index (κ1) is 22.5. The van der Waals surface area contributed by atoms with Crippen LogP contribution in [0.1, 0.15) is 42.9 Å². The molecule has 1 aromatic heterocycles. The van der Waals surface area contributed by atoms with Crippen LogP contribution in [-0.4, -0.2) is 39.9 Å². The molecule has 0 saturated heterocycles. The minimum absolute atomic E-state index is 0.0135. The number of benzene rings is 2. The molecule has 1 N–H and O–H groups in total. The van der Waals surface area contributed by atoms with Crippen molar-refractivity contribution >= 4 is 29.1 Å². The Morgan fingerprint density at radius 2 is 1.71 bits per heavy atom. The number of carbonyl (C=O) groups is 2. The molecule has 8 heteroatoms. The van der Waals surface area contributed by atoms with Crippen LogP contribution in [0.2, 0.25) is 5.02 Å². The van der Waals surface area contributed by atoms with E-state index in [-0.39, 0.29) is 11.8 Å². The van der Waals surface area contributed by atoms with Crippen LogP contribution in [0.15, 0.2) is 53.1 Å². The highest BCUT2D eigenvalue weighted by Crippen LogP contribution is 2.19. The van der Waals surface area contributed by atoms with Crippen LogP contribution in [0.25, 0.3) is 11.4 Å². The van der Waals surface area contributed by atoms with Gasteiger partial charge in [-0.15, -0.1) is 0 Å². The molecule has 0 radical (unpaired) electrons. The summed E-state index contributed by atoms with van der Waals surface area (Å²) in [6.45, 7) is 5.22. The average Bonchev–Trinajstić information content (AvgIpc) is 3.24. The zero-order chi connectivity index (χ0) is 22.2. The molecule has 3 aromatic rings. The third-order valence-electron chi connectivity index (χ3n) is 4.83. The standard InChI is InChI=1S/C23H25ClN4O3/c1-3-28(4-2)23(30)17-10-14-19(15-11-17)25-20(29)6-5-7-21-26-22(27-31-21)16-8-12-18(24)13-9-16/h8-15H,3-7H2,1-2H3,(H,25,29). The van der Waals surface area contributed by atoms with Crippen LogP contribution < -0.4 is 5.32 Å². The van der Waals surface area contributed by atoms with Crippen LogP contribution >= 0.6 is 11.6 Å². The number of halogens is 1. The van der Waals surface area contributed by atoms with Gasteiger partial charge in [0, 0.05) is 47.8 Å². The summed E-state index contributed by atoms with van der Waals surface area (Å²) in [4.78, 5) is 30.7. The average molecular weight is 441 g/mol. The van der Waals surface area contributed by atoms with Gasteiger partial charge in [-0.05, 0) is 68.8 Å². The molecule has 0 saturated carbocycles. The lowest BCUT2D eigenvalue weighted by Gasteiger charge is -2.18. The number of anilines is 1. The van der Waals surface area contributed by atoms with Crippen LogP contribution in [0.3, 0.4) is 0 Å². The van der Waals surface area contributed by atoms with E-state index in [2.05, 4.69) is 15.5 Å². The normalized spacial score (nSPS) is 10.7. The highest BCUT2D eigenvalue weighted by atomic mass is 35.5. The summed E-state index contributed by atoms with van der Waals surface area (Å²) < 4.78 is 5.26. The molecule has 3 rings (SSSR count). The second-order valence-electron chi connectivity index (χ2n) is 6.98. The summed E-state index contributed by atoms with van der Waals surface area (Å²) in [6.07, 6.45) is 1.40. The van der Waals surface area contributed by atoms with Gasteiger partial charge in [0.1, 0.15) is 0 Å². The summed E-state index contributed by atoms with van der Waals surface area (Å²) in [5.74, 6) is 0.855. The highest BCUT2D eigenvalue weighted by molar-refractivity contribution is 6.30. The summed E-state index contributed by atoms with van der Waals surface area (Å²) >= 11 is 5.89. The predicted molar refractivity (Wildman–Crippen MR) is 120 cm³/mol. The maximum absolute atomic E-state index is 12.3. The molecular weight excluding hydrogens is 416 g/mol. The summed E-state index contributed by atoms with van der Waals surface area (Å²) in [5.41, 5.74) is 2.08. The largest absolute Gasteiger partial charge is 0.339 e. The molecule has 2 amide bonds. The lowest BCUT2D eigenvalue weighted by Crippen LogP contribution is -2.30. The van der Waals surface area contributed by atoms with E-state index in [4.69, 9.17) is 16.1 Å². The van der Waals surface area contributed by atoms with E-state index in [1.807, 2.05) is 26.0 Å². The van der Waals surface area contributed by atoms with Gasteiger partial charge in [-0.2, -0.15) is 4.98 Å². The number of hydrogen-bond acceptors (Lipinski definition) is 5. The molecular formula is C23H25ClN4O3. The number of rotatable bonds is 9. The van der Waals surface area contributed by atoms with Crippen molar-refractivity contribution < 1.29 is 14.1 Å². The molecule has 31 heavy (non-hydrogen) atoms. The molecule has 0 aliphatic heterocycles. The van der Waals surface area contributed by atoms with E-state index >= 15 is 0 Å². The summed E-state index contributed by atoms with van der Waals surface area (Å²) in [5, 5.41) is 7.46. The number of carbonyl (C=O) groups excluding carboxylic acids is 2. The fraction of sp³-hybridized carbons (Fsp3) is 0.304. The van der Waals surface area contributed by atoms with E-state index in [9.17, 15) is 9.59 Å². The molecule has 7 nitrogen and oxygen atoms in total. The van der Waals surface area contributed by atoms with E-state index in [0.29, 0.717) is 60.3 Å². The summed E-state index contributed by atoms with van der Waals surface area (Å²) in [6, 6.07) is 14.1. The van der Waals surface area contributed by atoms with E-state index in [0.717, 1.165) is 5.56 Å². The highest BCUT2D eigenvalue weighted by Gasteiger charge is 2.13. The molecule has 0 aliphatic carbocycles. The van der Waals surface area contributed by atoms with Gasteiger partial charge >= 0.3 is 0 Å². The van der Waals surface area contributed by atoms with Crippen molar-refractivity contribution in [3.63, 3.8) is 0 Å². The first-order chi connectivity index (χ1) is 15.0. The van der Waals surface area contributed by atoms with Gasteiger partial charge in [0.15, 0.2) is 0 Å². The fourth-order valence-corrected chi connectivity index (χ4v) is 3.21. The van der Waals surface area contributed by atoms with Crippen LogP contribution in [-0.2, 0) is 11.2 Å². The third-order valence-corrected chi connectivity index (χ3v) is 5.08. The molecule has 0 fully saturated rings. The van der Waals surface area contributed by atoms with E-state index in [1.165, 1.54) is 0 Å². The first-order valence-electron chi connectivity index (χ1n) is 10.3. The van der Waals surface area contributed by atoms with Crippen molar-refractivity contribution in [3.05, 3.63) is 65.0 Å². The molecule has 0 aliphatic rings. The lowest BCUT2D eigenvalue weighted by molar-refractivity contribution is -0.116. The van der Waals surface area contributed by atoms with Crippen molar-refractivity contribution in [2.75, 3.05) is 18.4 Å². The zero-order valence-electron chi connectivity index (χ0n) is 17.6. The predicted octanol–water partition coefficient (Wildman–Crippen LogP) is 4.83. The van der Waals surface area contributed by atoms with Gasteiger partial charge in [0.25, 0.3) is 5.91 Å². The number of hydrogen-bond donors (Lipinski definition) is 1. The van der Waals surface area contributed by atoms with Crippen molar-refractivity contribution in [2.24, 2.45) is 0 Å². The van der Waals surface area contributed by atoms with Crippen LogP contribution in [0, 0.1) is 0 Å². The molecule has 0 spiro atoms. The van der Waals surface area contributed by atoms with Gasteiger partial charge in [-0.3, -0.25) is 9.59 Å². The summed E-state index contributed by atoms with van der Waals surface area (Å²) in [7, 11) is 0. The number of nitrogens with zero attached hydrogens (tertiary/aromatic N) is 3. The van der Waals surface area contributed by atoms with Crippen molar-refractivity contribution in [1.29, 1.82) is 0 Å². The topological polar surface area (TPSA) is 88.3 Å². The Balaban J connectivity index is 1.46. The van der Waals surface area contributed by atoms with Gasteiger partial charge < -0.3 is 14.7 Å². The third kappa shape index (κ3) is 6.15. The zero-order valence-corrected chi connectivity index (χ0v) is 18.4. The Bertz CT molecular complexity index is 1010. The molecule has 2 aromatic carbocycles. The Labute approximate surface area is 186 Å². The Kier molecular flexibility index (Phi) is 7.78. The maximum atomic E-state index is 12.3. The van der Waals surface area contributed by atoms with Gasteiger partial charge in [0.05, 0.1) is 0 Å². The molecule has 0 bridgehead atoms. The Hall–Kier alpha value is -3.19.